The molecular formula is C34H67N2+. The molecule has 2 nitrogen and oxygen atoms in total. The molecule has 0 aliphatic heterocycles. The summed E-state index contributed by atoms with van der Waals surface area (Å²) in [6.07, 6.45) is 41.6. The van der Waals surface area contributed by atoms with E-state index < -0.39 is 0 Å². The number of unbranched alkanes of at least 4 members (excludes halogenated alkanes) is 22. The van der Waals surface area contributed by atoms with Crippen LogP contribution in [0.15, 0.2) is 12.4 Å². The third kappa shape index (κ3) is 18.5. The molecule has 0 aliphatic carbocycles. The monoisotopic (exact) mass is 504 g/mol. The zero-order valence-corrected chi connectivity index (χ0v) is 25.3. The summed E-state index contributed by atoms with van der Waals surface area (Å²) >= 11 is 0. The molecule has 0 radical (unpaired) electrons. The Bertz CT molecular complexity index is 562. The maximum atomic E-state index is 2.57. The van der Waals surface area contributed by atoms with Crippen LogP contribution in [0.2, 0.25) is 0 Å². The van der Waals surface area contributed by atoms with E-state index in [9.17, 15) is 0 Å². The normalized spacial score (nSPS) is 11.5. The minimum atomic E-state index is 1.22. The van der Waals surface area contributed by atoms with Crippen LogP contribution >= 0.6 is 0 Å². The molecule has 0 spiro atoms. The molecular weight excluding hydrogens is 436 g/mol. The van der Waals surface area contributed by atoms with Gasteiger partial charge in [-0.3, -0.25) is 0 Å². The molecule has 0 N–H and O–H groups in total. The van der Waals surface area contributed by atoms with Crippen molar-refractivity contribution < 1.29 is 4.57 Å². The van der Waals surface area contributed by atoms with E-state index in [1.54, 1.807) is 5.82 Å². The molecule has 36 heavy (non-hydrogen) atoms. The maximum absolute atomic E-state index is 2.57. The fraction of sp³-hybridized carbons (Fsp3) is 0.912. The summed E-state index contributed by atoms with van der Waals surface area (Å²) in [6.45, 7) is 9.38. The van der Waals surface area contributed by atoms with E-state index >= 15 is 0 Å². The highest BCUT2D eigenvalue weighted by molar-refractivity contribution is 4.84. The molecule has 0 fully saturated rings. The van der Waals surface area contributed by atoms with Crippen LogP contribution in [-0.4, -0.2) is 4.57 Å². The van der Waals surface area contributed by atoms with E-state index in [1.807, 2.05) is 0 Å². The molecule has 0 aromatic carbocycles. The van der Waals surface area contributed by atoms with Gasteiger partial charge in [0.15, 0.2) is 0 Å². The van der Waals surface area contributed by atoms with Crippen LogP contribution in [0, 0.1) is 0 Å². The van der Waals surface area contributed by atoms with Crippen LogP contribution in [0.5, 0.6) is 0 Å². The Balaban J connectivity index is 2.05. The van der Waals surface area contributed by atoms with Crippen molar-refractivity contribution in [1.82, 2.24) is 4.57 Å². The molecule has 0 bridgehead atoms. The van der Waals surface area contributed by atoms with Crippen LogP contribution in [-0.2, 0) is 19.5 Å². The minimum Gasteiger partial charge on any atom is -0.234 e. The van der Waals surface area contributed by atoms with E-state index in [2.05, 4.69) is 42.3 Å². The van der Waals surface area contributed by atoms with Gasteiger partial charge in [0.25, 0.3) is 5.82 Å². The maximum Gasteiger partial charge on any atom is 0.256 e. The quantitative estimate of drug-likeness (QED) is 0.0794. The van der Waals surface area contributed by atoms with Crippen LogP contribution in [0.25, 0.3) is 0 Å². The first-order chi connectivity index (χ1) is 17.8. The van der Waals surface area contributed by atoms with Gasteiger partial charge in [-0.15, -0.1) is 0 Å². The van der Waals surface area contributed by atoms with Crippen molar-refractivity contribution >= 4 is 0 Å². The van der Waals surface area contributed by atoms with Gasteiger partial charge in [0.05, 0.1) is 13.1 Å². The number of aryl methyl sites for hydroxylation is 2. The molecule has 0 aliphatic rings. The van der Waals surface area contributed by atoms with E-state index in [-0.39, 0.29) is 0 Å². The highest BCUT2D eigenvalue weighted by atomic mass is 15.1. The van der Waals surface area contributed by atoms with Gasteiger partial charge in [0.2, 0.25) is 0 Å². The number of nitrogens with zero attached hydrogens (tertiary/aromatic N) is 2. The third-order valence-corrected chi connectivity index (χ3v) is 8.07. The molecule has 1 rings (SSSR count). The Morgan fingerprint density at radius 2 is 0.861 bits per heavy atom. The fourth-order valence-corrected chi connectivity index (χ4v) is 5.66. The third-order valence-electron chi connectivity index (χ3n) is 8.07. The van der Waals surface area contributed by atoms with E-state index in [0.29, 0.717) is 0 Å². The molecule has 212 valence electrons. The molecule has 0 saturated heterocycles. The number of hydrogen-bond acceptors (Lipinski definition) is 0. The van der Waals surface area contributed by atoms with E-state index in [1.165, 1.54) is 180 Å². The SMILES string of the molecule is CCCCCCCCCCCCCCCCn1cc[n+](CCCCCCCCCCCC)c1CCC. The summed E-state index contributed by atoms with van der Waals surface area (Å²) in [4.78, 5) is 0. The predicted molar refractivity (Wildman–Crippen MR) is 161 cm³/mol. The van der Waals surface area contributed by atoms with Gasteiger partial charge < -0.3 is 0 Å². The Morgan fingerprint density at radius 3 is 1.28 bits per heavy atom. The lowest BCUT2D eigenvalue weighted by Gasteiger charge is -2.06. The molecule has 0 atom stereocenters. The van der Waals surface area contributed by atoms with Gasteiger partial charge in [-0.1, -0.05) is 149 Å². The van der Waals surface area contributed by atoms with Crippen molar-refractivity contribution in [3.63, 3.8) is 0 Å². The van der Waals surface area contributed by atoms with Crippen molar-refractivity contribution in [3.8, 4) is 0 Å². The average molecular weight is 504 g/mol. The Hall–Kier alpha value is -0.790. The van der Waals surface area contributed by atoms with E-state index in [0.717, 1.165) is 0 Å². The Morgan fingerprint density at radius 1 is 0.472 bits per heavy atom. The zero-order valence-electron chi connectivity index (χ0n) is 25.3. The summed E-state index contributed by atoms with van der Waals surface area (Å²) in [5, 5.41) is 0. The second kappa shape index (κ2) is 25.8. The zero-order chi connectivity index (χ0) is 25.9. The van der Waals surface area contributed by atoms with Gasteiger partial charge in [-0.05, 0) is 32.1 Å². The summed E-state index contributed by atoms with van der Waals surface area (Å²) in [5.41, 5.74) is 0. The molecule has 0 saturated carbocycles. The Kier molecular flexibility index (Phi) is 23.9. The first kappa shape index (κ1) is 33.2. The Labute approximate surface area is 228 Å². The smallest absolute Gasteiger partial charge is 0.234 e. The average Bonchev–Trinajstić information content (AvgIpc) is 3.26. The molecule has 0 unspecified atom stereocenters. The highest BCUT2D eigenvalue weighted by Gasteiger charge is 2.15. The largest absolute Gasteiger partial charge is 0.256 e. The predicted octanol–water partition coefficient (Wildman–Crippen LogP) is 11.1. The summed E-state index contributed by atoms with van der Waals surface area (Å²) in [6, 6.07) is 0. The van der Waals surface area contributed by atoms with Gasteiger partial charge in [-0.2, -0.15) is 0 Å². The van der Waals surface area contributed by atoms with Crippen LogP contribution in [0.4, 0.5) is 0 Å². The van der Waals surface area contributed by atoms with Gasteiger partial charge in [0.1, 0.15) is 12.4 Å². The summed E-state index contributed by atoms with van der Waals surface area (Å²) in [5.74, 6) is 1.57. The second-order valence-corrected chi connectivity index (χ2v) is 11.6. The lowest BCUT2D eigenvalue weighted by Crippen LogP contribution is -2.37. The molecule has 2 heteroatoms. The van der Waals surface area contributed by atoms with Gasteiger partial charge in [0, 0.05) is 6.42 Å². The van der Waals surface area contributed by atoms with Gasteiger partial charge >= 0.3 is 0 Å². The number of aromatic nitrogens is 2. The first-order valence-electron chi connectivity index (χ1n) is 16.9. The summed E-state index contributed by atoms with van der Waals surface area (Å²) in [7, 11) is 0. The van der Waals surface area contributed by atoms with E-state index in [4.69, 9.17) is 0 Å². The fourth-order valence-electron chi connectivity index (χ4n) is 5.66. The van der Waals surface area contributed by atoms with Crippen molar-refractivity contribution in [2.24, 2.45) is 0 Å². The molecule has 0 amide bonds. The van der Waals surface area contributed by atoms with Crippen LogP contribution < -0.4 is 4.57 Å². The van der Waals surface area contributed by atoms with Crippen LogP contribution in [0.1, 0.15) is 187 Å². The summed E-state index contributed by atoms with van der Waals surface area (Å²) < 4.78 is 5.14. The molecule has 1 aromatic rings. The minimum absolute atomic E-state index is 1.22. The van der Waals surface area contributed by atoms with Gasteiger partial charge in [-0.25, -0.2) is 9.13 Å². The lowest BCUT2D eigenvalue weighted by atomic mass is 10.0. The van der Waals surface area contributed by atoms with Crippen LogP contribution in [0.3, 0.4) is 0 Å². The van der Waals surface area contributed by atoms with Crippen molar-refractivity contribution in [2.45, 2.75) is 201 Å². The van der Waals surface area contributed by atoms with Crippen molar-refractivity contribution in [3.05, 3.63) is 18.2 Å². The number of imidazole rings is 1. The van der Waals surface area contributed by atoms with Crippen molar-refractivity contribution in [1.29, 1.82) is 0 Å². The first-order valence-corrected chi connectivity index (χ1v) is 16.9. The van der Waals surface area contributed by atoms with Crippen molar-refractivity contribution in [2.75, 3.05) is 0 Å². The lowest BCUT2D eigenvalue weighted by molar-refractivity contribution is -0.704. The topological polar surface area (TPSA) is 8.81 Å². The molecule has 1 heterocycles. The second-order valence-electron chi connectivity index (χ2n) is 11.6. The number of hydrogen-bond donors (Lipinski definition) is 0. The standard InChI is InChI=1S/C34H67N2/c1-4-7-9-11-13-15-17-18-19-20-22-24-26-28-31-36-33-32-35(34(36)29-6-3)30-27-25-23-21-16-14-12-10-8-5-2/h32-33H,4-31H2,1-3H3/q+1. The highest BCUT2D eigenvalue weighted by Crippen LogP contribution is 2.14. The number of rotatable bonds is 28. The molecule has 1 aromatic heterocycles.